The summed E-state index contributed by atoms with van der Waals surface area (Å²) in [7, 11) is 0. The van der Waals surface area contributed by atoms with Crippen molar-refractivity contribution in [2.75, 3.05) is 13.2 Å². The first-order valence-corrected chi connectivity index (χ1v) is 8.76. The second kappa shape index (κ2) is 6.79. The molecule has 0 radical (unpaired) electrons. The number of halogens is 3. The van der Waals surface area contributed by atoms with Crippen LogP contribution in [-0.2, 0) is 11.0 Å². The van der Waals surface area contributed by atoms with E-state index in [2.05, 4.69) is 5.32 Å². The monoisotopic (exact) mass is 377 g/mol. The van der Waals surface area contributed by atoms with Gasteiger partial charge in [0.1, 0.15) is 12.7 Å². The highest BCUT2D eigenvalue weighted by molar-refractivity contribution is 5.83. The average molecular weight is 377 g/mol. The van der Waals surface area contributed by atoms with Crippen molar-refractivity contribution >= 4 is 5.91 Å². The Labute approximate surface area is 154 Å². The van der Waals surface area contributed by atoms with E-state index in [1.807, 2.05) is 12.1 Å². The number of rotatable bonds is 4. The maximum Gasteiger partial charge on any atom is 0.416 e. The van der Waals surface area contributed by atoms with Crippen molar-refractivity contribution in [3.8, 4) is 11.5 Å². The third-order valence-corrected chi connectivity index (χ3v) is 4.86. The summed E-state index contributed by atoms with van der Waals surface area (Å²) in [6.07, 6.45) is -4.33. The van der Waals surface area contributed by atoms with Crippen LogP contribution in [0.1, 0.15) is 23.5 Å². The van der Waals surface area contributed by atoms with Crippen molar-refractivity contribution < 1.29 is 27.4 Å². The molecule has 2 aromatic carbocycles. The Morgan fingerprint density at radius 2 is 1.78 bits per heavy atom. The van der Waals surface area contributed by atoms with E-state index >= 15 is 0 Å². The van der Waals surface area contributed by atoms with Gasteiger partial charge in [0.05, 0.1) is 12.1 Å². The van der Waals surface area contributed by atoms with Gasteiger partial charge in [-0.1, -0.05) is 30.3 Å². The van der Waals surface area contributed by atoms with E-state index in [1.54, 1.807) is 18.2 Å². The summed E-state index contributed by atoms with van der Waals surface area (Å²) in [6, 6.07) is 12.7. The Morgan fingerprint density at radius 3 is 2.56 bits per heavy atom. The molecule has 27 heavy (non-hydrogen) atoms. The normalized spacial score (nSPS) is 23.6. The van der Waals surface area contributed by atoms with E-state index in [4.69, 9.17) is 9.47 Å². The first kappa shape index (κ1) is 17.7. The number of nitrogens with one attached hydrogen (secondary N) is 1. The Hall–Kier alpha value is -2.70. The number of para-hydroxylation sites is 2. The first-order valence-electron chi connectivity index (χ1n) is 8.76. The molecule has 1 fully saturated rings. The summed E-state index contributed by atoms with van der Waals surface area (Å²) in [6.45, 7) is 0.555. The number of benzene rings is 2. The van der Waals surface area contributed by atoms with Gasteiger partial charge in [0.25, 0.3) is 0 Å². The minimum Gasteiger partial charge on any atom is -0.486 e. The Kier molecular flexibility index (Phi) is 4.45. The lowest BCUT2D eigenvalue weighted by Crippen LogP contribution is -2.41. The number of hydrogen-bond acceptors (Lipinski definition) is 3. The fourth-order valence-electron chi connectivity index (χ4n) is 3.42. The molecule has 1 heterocycles. The van der Waals surface area contributed by atoms with Gasteiger partial charge in [-0.25, -0.2) is 0 Å². The van der Waals surface area contributed by atoms with Crippen molar-refractivity contribution in [3.63, 3.8) is 0 Å². The lowest BCUT2D eigenvalue weighted by atomic mass is 10.0. The molecule has 0 unspecified atom stereocenters. The van der Waals surface area contributed by atoms with Crippen LogP contribution in [0, 0.1) is 5.92 Å². The number of carbonyl (C=O) groups excluding carboxylic acids is 1. The topological polar surface area (TPSA) is 47.6 Å². The fraction of sp³-hybridized carbons (Fsp3) is 0.350. The SMILES string of the molecule is O=C(NC[C@@H]1COc2ccccc2O1)[C@@H]1C[C@H]1c1ccccc1C(F)(F)F. The van der Waals surface area contributed by atoms with Crippen molar-refractivity contribution in [1.29, 1.82) is 0 Å². The van der Waals surface area contributed by atoms with Gasteiger partial charge in [-0.05, 0) is 36.1 Å². The summed E-state index contributed by atoms with van der Waals surface area (Å²) in [5.41, 5.74) is -0.470. The molecule has 0 saturated heterocycles. The van der Waals surface area contributed by atoms with E-state index in [1.165, 1.54) is 12.1 Å². The van der Waals surface area contributed by atoms with Gasteiger partial charge in [0, 0.05) is 5.92 Å². The van der Waals surface area contributed by atoms with Crippen molar-refractivity contribution in [3.05, 3.63) is 59.7 Å². The molecular weight excluding hydrogens is 359 g/mol. The summed E-state index contributed by atoms with van der Waals surface area (Å²) >= 11 is 0. The van der Waals surface area contributed by atoms with Crippen LogP contribution in [0.15, 0.2) is 48.5 Å². The maximum atomic E-state index is 13.1. The third-order valence-electron chi connectivity index (χ3n) is 4.86. The molecule has 0 aromatic heterocycles. The number of fused-ring (bicyclic) bond motifs is 1. The summed E-state index contributed by atoms with van der Waals surface area (Å²) in [4.78, 5) is 12.3. The van der Waals surface area contributed by atoms with Gasteiger partial charge in [-0.3, -0.25) is 4.79 Å². The van der Waals surface area contributed by atoms with E-state index in [9.17, 15) is 18.0 Å². The molecule has 2 aromatic rings. The Morgan fingerprint density at radius 1 is 1.07 bits per heavy atom. The number of hydrogen-bond donors (Lipinski definition) is 1. The van der Waals surface area contributed by atoms with Crippen molar-refractivity contribution in [1.82, 2.24) is 5.32 Å². The highest BCUT2D eigenvalue weighted by atomic mass is 19.4. The quantitative estimate of drug-likeness (QED) is 0.883. The van der Waals surface area contributed by atoms with Gasteiger partial charge in [0.2, 0.25) is 5.91 Å². The highest BCUT2D eigenvalue weighted by Gasteiger charge is 2.47. The molecule has 1 aliphatic carbocycles. The van der Waals surface area contributed by atoms with E-state index in [-0.39, 0.29) is 24.1 Å². The fourth-order valence-corrected chi connectivity index (χ4v) is 3.42. The zero-order valence-electron chi connectivity index (χ0n) is 14.3. The predicted molar refractivity (Wildman–Crippen MR) is 91.7 cm³/mol. The number of amides is 1. The van der Waals surface area contributed by atoms with E-state index in [0.29, 0.717) is 24.5 Å². The van der Waals surface area contributed by atoms with Gasteiger partial charge in [-0.2, -0.15) is 13.2 Å². The molecule has 3 atom stereocenters. The van der Waals surface area contributed by atoms with Crippen LogP contribution < -0.4 is 14.8 Å². The van der Waals surface area contributed by atoms with E-state index < -0.39 is 23.6 Å². The summed E-state index contributed by atoms with van der Waals surface area (Å²) < 4.78 is 50.8. The number of alkyl halides is 3. The molecule has 1 saturated carbocycles. The minimum absolute atomic E-state index is 0.191. The van der Waals surface area contributed by atoms with Crippen LogP contribution in [0.3, 0.4) is 0 Å². The molecule has 0 bridgehead atoms. The second-order valence-corrected chi connectivity index (χ2v) is 6.78. The van der Waals surface area contributed by atoms with Gasteiger partial charge in [0.15, 0.2) is 11.5 Å². The standard InChI is InChI=1S/C20H18F3NO3/c21-20(22,23)16-6-2-1-5-13(16)14-9-15(14)19(25)24-10-12-11-26-17-7-3-4-8-18(17)27-12/h1-8,12,14-15H,9-11H2,(H,24,25)/t12-,14+,15-/m1/s1. The van der Waals surface area contributed by atoms with Crippen molar-refractivity contribution in [2.24, 2.45) is 5.92 Å². The number of ether oxygens (including phenoxy) is 2. The lowest BCUT2D eigenvalue weighted by molar-refractivity contribution is -0.138. The zero-order chi connectivity index (χ0) is 19.0. The maximum absolute atomic E-state index is 13.1. The largest absolute Gasteiger partial charge is 0.486 e. The van der Waals surface area contributed by atoms with Gasteiger partial charge >= 0.3 is 6.18 Å². The molecule has 2 aliphatic rings. The molecule has 1 aliphatic heterocycles. The predicted octanol–water partition coefficient (Wildman–Crippen LogP) is 3.77. The third kappa shape index (κ3) is 3.72. The molecule has 1 N–H and O–H groups in total. The molecule has 1 amide bonds. The van der Waals surface area contributed by atoms with Crippen LogP contribution in [0.25, 0.3) is 0 Å². The Balaban J connectivity index is 1.34. The van der Waals surface area contributed by atoms with E-state index in [0.717, 1.165) is 6.07 Å². The second-order valence-electron chi connectivity index (χ2n) is 6.78. The van der Waals surface area contributed by atoms with Crippen LogP contribution in [0.2, 0.25) is 0 Å². The minimum atomic E-state index is -4.42. The molecule has 0 spiro atoms. The highest BCUT2D eigenvalue weighted by Crippen LogP contribution is 2.51. The smallest absolute Gasteiger partial charge is 0.416 e. The molecule has 4 nitrogen and oxygen atoms in total. The molecule has 7 heteroatoms. The number of carbonyl (C=O) groups is 1. The van der Waals surface area contributed by atoms with Gasteiger partial charge in [-0.15, -0.1) is 0 Å². The molecule has 4 rings (SSSR count). The van der Waals surface area contributed by atoms with Crippen molar-refractivity contribution in [2.45, 2.75) is 24.6 Å². The Bertz CT molecular complexity index is 852. The zero-order valence-corrected chi connectivity index (χ0v) is 14.3. The summed E-state index contributed by atoms with van der Waals surface area (Å²) in [5.74, 6) is 0.189. The molecular formula is C20H18F3NO3. The molecule has 142 valence electrons. The lowest BCUT2D eigenvalue weighted by Gasteiger charge is -2.26. The van der Waals surface area contributed by atoms with Crippen LogP contribution in [-0.4, -0.2) is 25.2 Å². The first-order chi connectivity index (χ1) is 12.9. The van der Waals surface area contributed by atoms with Crippen LogP contribution in [0.4, 0.5) is 13.2 Å². The average Bonchev–Trinajstić information content (AvgIpc) is 3.46. The van der Waals surface area contributed by atoms with Gasteiger partial charge < -0.3 is 14.8 Å². The summed E-state index contributed by atoms with van der Waals surface area (Å²) in [5, 5.41) is 2.78. The van der Waals surface area contributed by atoms with Crippen LogP contribution in [0.5, 0.6) is 11.5 Å². The van der Waals surface area contributed by atoms with Crippen LogP contribution >= 0.6 is 0 Å².